The molecule has 1 fully saturated rings. The van der Waals surface area contributed by atoms with Gasteiger partial charge in [0.2, 0.25) is 5.91 Å². The SMILES string of the molecule is O=C(CCCc1ccccc1)NCCn1cnc(C2CCCC2)cc1=O. The molecule has 138 valence electrons. The van der Waals surface area contributed by atoms with Crippen molar-refractivity contribution in [3.05, 3.63) is 64.3 Å². The summed E-state index contributed by atoms with van der Waals surface area (Å²) in [5.41, 5.74) is 2.15. The highest BCUT2D eigenvalue weighted by Gasteiger charge is 2.18. The molecule has 2 aromatic rings. The molecule has 1 amide bonds. The molecule has 0 aliphatic heterocycles. The highest BCUT2D eigenvalue weighted by molar-refractivity contribution is 5.75. The van der Waals surface area contributed by atoms with E-state index in [-0.39, 0.29) is 11.5 Å². The van der Waals surface area contributed by atoms with Gasteiger partial charge >= 0.3 is 0 Å². The third-order valence-corrected chi connectivity index (χ3v) is 5.06. The van der Waals surface area contributed by atoms with Gasteiger partial charge in [-0.05, 0) is 31.2 Å². The van der Waals surface area contributed by atoms with Gasteiger partial charge < -0.3 is 5.32 Å². The Balaban J connectivity index is 1.38. The Kier molecular flexibility index (Phi) is 6.58. The molecule has 1 saturated carbocycles. The molecule has 1 N–H and O–H groups in total. The number of hydrogen-bond donors (Lipinski definition) is 1. The second-order valence-electron chi connectivity index (χ2n) is 7.02. The average molecular weight is 353 g/mol. The minimum Gasteiger partial charge on any atom is -0.354 e. The van der Waals surface area contributed by atoms with Crippen LogP contribution in [0.1, 0.15) is 55.7 Å². The van der Waals surface area contributed by atoms with Crippen LogP contribution < -0.4 is 10.9 Å². The van der Waals surface area contributed by atoms with Crippen LogP contribution in [0.15, 0.2) is 47.5 Å². The molecule has 1 aliphatic carbocycles. The summed E-state index contributed by atoms with van der Waals surface area (Å²) >= 11 is 0. The van der Waals surface area contributed by atoms with Crippen LogP contribution in [0.25, 0.3) is 0 Å². The van der Waals surface area contributed by atoms with Crippen molar-refractivity contribution in [1.29, 1.82) is 0 Å². The van der Waals surface area contributed by atoms with Crippen LogP contribution in [0, 0.1) is 0 Å². The van der Waals surface area contributed by atoms with Crippen LogP contribution in [0.3, 0.4) is 0 Å². The summed E-state index contributed by atoms with van der Waals surface area (Å²) in [7, 11) is 0. The number of carbonyl (C=O) groups is 1. The summed E-state index contributed by atoms with van der Waals surface area (Å²) in [6.07, 6.45) is 8.58. The summed E-state index contributed by atoms with van der Waals surface area (Å²) in [4.78, 5) is 28.6. The van der Waals surface area contributed by atoms with Gasteiger partial charge in [0.05, 0.1) is 12.0 Å². The summed E-state index contributed by atoms with van der Waals surface area (Å²) in [6, 6.07) is 11.8. The van der Waals surface area contributed by atoms with Gasteiger partial charge in [-0.1, -0.05) is 43.2 Å². The third-order valence-electron chi connectivity index (χ3n) is 5.06. The molecule has 3 rings (SSSR count). The molecule has 1 aromatic carbocycles. The largest absolute Gasteiger partial charge is 0.354 e. The maximum atomic E-state index is 12.2. The first-order valence-electron chi connectivity index (χ1n) is 9.59. The molecule has 1 aliphatic rings. The summed E-state index contributed by atoms with van der Waals surface area (Å²) in [6.45, 7) is 0.912. The van der Waals surface area contributed by atoms with Crippen molar-refractivity contribution in [3.8, 4) is 0 Å². The molecule has 1 heterocycles. The molecule has 5 nitrogen and oxygen atoms in total. The van der Waals surface area contributed by atoms with E-state index in [1.165, 1.54) is 18.4 Å². The molecule has 0 unspecified atom stereocenters. The van der Waals surface area contributed by atoms with Crippen LogP contribution in [0.5, 0.6) is 0 Å². The summed E-state index contributed by atoms with van der Waals surface area (Å²) in [5, 5.41) is 2.89. The van der Waals surface area contributed by atoms with Gasteiger partial charge in [-0.15, -0.1) is 0 Å². The topological polar surface area (TPSA) is 64.0 Å². The number of carbonyl (C=O) groups excluding carboxylic acids is 1. The van der Waals surface area contributed by atoms with Crippen molar-refractivity contribution in [2.75, 3.05) is 6.54 Å². The first kappa shape index (κ1) is 18.4. The molecule has 0 radical (unpaired) electrons. The number of nitrogens with zero attached hydrogens (tertiary/aromatic N) is 2. The number of aromatic nitrogens is 2. The van der Waals surface area contributed by atoms with Crippen molar-refractivity contribution >= 4 is 5.91 Å². The van der Waals surface area contributed by atoms with Crippen molar-refractivity contribution in [1.82, 2.24) is 14.9 Å². The molecule has 1 aromatic heterocycles. The lowest BCUT2D eigenvalue weighted by Crippen LogP contribution is -2.31. The predicted molar refractivity (Wildman–Crippen MR) is 102 cm³/mol. The Hall–Kier alpha value is -2.43. The number of hydrogen-bond acceptors (Lipinski definition) is 3. The smallest absolute Gasteiger partial charge is 0.253 e. The number of nitrogens with one attached hydrogen (secondary N) is 1. The molecule has 26 heavy (non-hydrogen) atoms. The maximum Gasteiger partial charge on any atom is 0.253 e. The molecule has 0 spiro atoms. The monoisotopic (exact) mass is 353 g/mol. The van der Waals surface area contributed by atoms with Gasteiger partial charge in [0.15, 0.2) is 0 Å². The van der Waals surface area contributed by atoms with E-state index in [4.69, 9.17) is 0 Å². The lowest BCUT2D eigenvalue weighted by Gasteiger charge is -2.11. The average Bonchev–Trinajstić information content (AvgIpc) is 3.19. The van der Waals surface area contributed by atoms with E-state index in [1.54, 1.807) is 17.0 Å². The quantitative estimate of drug-likeness (QED) is 0.793. The molecule has 0 bridgehead atoms. The zero-order valence-electron chi connectivity index (χ0n) is 15.2. The van der Waals surface area contributed by atoms with Gasteiger partial charge in [-0.2, -0.15) is 0 Å². The van der Waals surface area contributed by atoms with Crippen molar-refractivity contribution < 1.29 is 4.79 Å². The highest BCUT2D eigenvalue weighted by Crippen LogP contribution is 2.32. The fraction of sp³-hybridized carbons (Fsp3) is 0.476. The predicted octanol–water partition coefficient (Wildman–Crippen LogP) is 3.04. The first-order chi connectivity index (χ1) is 12.7. The number of aryl methyl sites for hydroxylation is 1. The van der Waals surface area contributed by atoms with Crippen LogP contribution in [0.2, 0.25) is 0 Å². The van der Waals surface area contributed by atoms with Gasteiger partial charge in [0.1, 0.15) is 0 Å². The lowest BCUT2D eigenvalue weighted by molar-refractivity contribution is -0.121. The summed E-state index contributed by atoms with van der Waals surface area (Å²) in [5.74, 6) is 0.478. The van der Waals surface area contributed by atoms with Crippen LogP contribution in [-0.2, 0) is 17.8 Å². The zero-order valence-corrected chi connectivity index (χ0v) is 15.2. The van der Waals surface area contributed by atoms with Crippen LogP contribution in [0.4, 0.5) is 0 Å². The van der Waals surface area contributed by atoms with Gasteiger partial charge in [0.25, 0.3) is 5.56 Å². The Labute approximate surface area is 154 Å². The second-order valence-corrected chi connectivity index (χ2v) is 7.02. The lowest BCUT2D eigenvalue weighted by atomic mass is 10.0. The van der Waals surface area contributed by atoms with E-state index in [0.29, 0.717) is 25.4 Å². The Morgan fingerprint density at radius 3 is 2.69 bits per heavy atom. The van der Waals surface area contributed by atoms with Gasteiger partial charge in [-0.25, -0.2) is 4.98 Å². The number of rotatable bonds is 8. The third kappa shape index (κ3) is 5.28. The minimum absolute atomic E-state index is 0.0276. The maximum absolute atomic E-state index is 12.2. The number of amides is 1. The Morgan fingerprint density at radius 1 is 1.19 bits per heavy atom. The molecule has 0 atom stereocenters. The van der Waals surface area contributed by atoms with Crippen molar-refractivity contribution in [3.63, 3.8) is 0 Å². The van der Waals surface area contributed by atoms with Crippen LogP contribution >= 0.6 is 0 Å². The Morgan fingerprint density at radius 2 is 1.96 bits per heavy atom. The fourth-order valence-electron chi connectivity index (χ4n) is 3.55. The number of benzene rings is 1. The van der Waals surface area contributed by atoms with E-state index in [1.807, 2.05) is 18.2 Å². The molecular weight excluding hydrogens is 326 g/mol. The fourth-order valence-corrected chi connectivity index (χ4v) is 3.55. The van der Waals surface area contributed by atoms with E-state index < -0.39 is 0 Å². The molecule has 5 heteroatoms. The standard InChI is InChI=1S/C21H27N3O2/c25-20(12-6-9-17-7-2-1-3-8-17)22-13-14-24-16-23-19(15-21(24)26)18-10-4-5-11-18/h1-3,7-8,15-16,18H,4-6,9-14H2,(H,22,25). The van der Waals surface area contributed by atoms with Gasteiger partial charge in [0, 0.05) is 31.5 Å². The van der Waals surface area contributed by atoms with Crippen molar-refractivity contribution in [2.45, 2.75) is 57.4 Å². The van der Waals surface area contributed by atoms with Crippen LogP contribution in [-0.4, -0.2) is 22.0 Å². The summed E-state index contributed by atoms with van der Waals surface area (Å²) < 4.78 is 1.57. The van der Waals surface area contributed by atoms with Crippen molar-refractivity contribution in [2.24, 2.45) is 0 Å². The van der Waals surface area contributed by atoms with Gasteiger partial charge in [-0.3, -0.25) is 14.2 Å². The van der Waals surface area contributed by atoms with E-state index >= 15 is 0 Å². The first-order valence-corrected chi connectivity index (χ1v) is 9.59. The van der Waals surface area contributed by atoms with E-state index in [0.717, 1.165) is 31.4 Å². The molecule has 0 saturated heterocycles. The minimum atomic E-state index is -0.0276. The normalized spacial score (nSPS) is 14.5. The Bertz CT molecular complexity index is 764. The molecular formula is C21H27N3O2. The zero-order chi connectivity index (χ0) is 18.2. The van der Waals surface area contributed by atoms with E-state index in [9.17, 15) is 9.59 Å². The highest BCUT2D eigenvalue weighted by atomic mass is 16.1. The van der Waals surface area contributed by atoms with E-state index in [2.05, 4.69) is 22.4 Å². The second kappa shape index (κ2) is 9.32.